The molecular formula is C16H23N4O3S+. The molecule has 2 saturated heterocycles. The van der Waals surface area contributed by atoms with Crippen molar-refractivity contribution < 1.29 is 18.1 Å². The van der Waals surface area contributed by atoms with Crippen molar-refractivity contribution in [3.8, 4) is 0 Å². The molecule has 8 heteroatoms. The molecule has 1 aromatic carbocycles. The van der Waals surface area contributed by atoms with Crippen molar-refractivity contribution in [2.45, 2.75) is 23.8 Å². The molecule has 0 spiro atoms. The van der Waals surface area contributed by atoms with Crippen molar-refractivity contribution in [3.05, 3.63) is 18.2 Å². The van der Waals surface area contributed by atoms with Crippen molar-refractivity contribution in [1.82, 2.24) is 4.31 Å². The maximum Gasteiger partial charge on any atom is 0.247 e. The molecule has 4 rings (SSSR count). The third-order valence-electron chi connectivity index (χ3n) is 5.30. The lowest BCUT2D eigenvalue weighted by molar-refractivity contribution is -0.883. The molecule has 0 aromatic heterocycles. The zero-order valence-corrected chi connectivity index (χ0v) is 14.6. The van der Waals surface area contributed by atoms with Gasteiger partial charge in [0.15, 0.2) is 0 Å². The zero-order chi connectivity index (χ0) is 16.9. The van der Waals surface area contributed by atoms with Gasteiger partial charge in [-0.25, -0.2) is 8.42 Å². The van der Waals surface area contributed by atoms with Crippen LogP contribution in [0.2, 0.25) is 0 Å². The lowest BCUT2D eigenvalue weighted by atomic mass is 10.1. The van der Waals surface area contributed by atoms with Crippen molar-refractivity contribution in [1.29, 1.82) is 0 Å². The van der Waals surface area contributed by atoms with E-state index in [0.29, 0.717) is 18.8 Å². The van der Waals surface area contributed by atoms with E-state index in [1.54, 1.807) is 16.4 Å². The summed E-state index contributed by atoms with van der Waals surface area (Å²) in [6.07, 6.45) is 1.84. The van der Waals surface area contributed by atoms with Gasteiger partial charge in [-0.3, -0.25) is 4.79 Å². The van der Waals surface area contributed by atoms with Gasteiger partial charge in [0.25, 0.3) is 0 Å². The average Bonchev–Trinajstić information content (AvgIpc) is 3.05. The van der Waals surface area contributed by atoms with E-state index >= 15 is 0 Å². The maximum absolute atomic E-state index is 12.9. The van der Waals surface area contributed by atoms with Crippen LogP contribution in [-0.2, 0) is 14.8 Å². The number of quaternary nitrogens is 1. The summed E-state index contributed by atoms with van der Waals surface area (Å²) in [6.45, 7) is 3.54. The predicted molar refractivity (Wildman–Crippen MR) is 90.8 cm³/mol. The van der Waals surface area contributed by atoms with Crippen molar-refractivity contribution in [2.24, 2.45) is 0 Å². The minimum Gasteiger partial charge on any atom is -0.358 e. The van der Waals surface area contributed by atoms with Crippen LogP contribution < -0.4 is 15.1 Å². The number of amides is 1. The van der Waals surface area contributed by atoms with Crippen LogP contribution in [0.3, 0.4) is 0 Å². The van der Waals surface area contributed by atoms with Crippen LogP contribution in [0.4, 0.5) is 11.4 Å². The molecule has 3 aliphatic rings. The molecule has 0 radical (unpaired) electrons. The van der Waals surface area contributed by atoms with Gasteiger partial charge < -0.3 is 15.1 Å². The molecule has 3 heterocycles. The Balaban J connectivity index is 1.66. The molecule has 0 bridgehead atoms. The number of anilines is 2. The first-order valence-electron chi connectivity index (χ1n) is 8.50. The number of rotatable bonds is 2. The standard InChI is InChI=1S/C16H22N4O3S/c1-18-7-9-19(10-8-18)24(22,23)12-4-5-14-13(11-12)17-16(21)15-3-2-6-20(14)15/h4-5,11,15H,2-3,6-10H2,1H3,(H,17,21)/p+1/t15-/m1/s1. The molecule has 1 amide bonds. The number of carbonyl (C=O) groups is 1. The van der Waals surface area contributed by atoms with Crippen molar-refractivity contribution in [3.63, 3.8) is 0 Å². The summed E-state index contributed by atoms with van der Waals surface area (Å²) in [4.78, 5) is 15.9. The number of piperazine rings is 1. The third-order valence-corrected chi connectivity index (χ3v) is 7.20. The number of fused-ring (bicyclic) bond motifs is 3. The summed E-state index contributed by atoms with van der Waals surface area (Å²) in [5, 5.41) is 2.89. The molecule has 2 N–H and O–H groups in total. The Kier molecular flexibility index (Phi) is 3.78. The monoisotopic (exact) mass is 351 g/mol. The largest absolute Gasteiger partial charge is 0.358 e. The first-order chi connectivity index (χ1) is 11.5. The van der Waals surface area contributed by atoms with Crippen molar-refractivity contribution >= 4 is 27.3 Å². The van der Waals surface area contributed by atoms with Crippen LogP contribution in [0.5, 0.6) is 0 Å². The summed E-state index contributed by atoms with van der Waals surface area (Å²) >= 11 is 0. The first-order valence-corrected chi connectivity index (χ1v) is 9.94. The fraction of sp³-hybridized carbons (Fsp3) is 0.562. The summed E-state index contributed by atoms with van der Waals surface area (Å²) in [5.74, 6) is -0.0299. The molecule has 1 aromatic rings. The Morgan fingerprint density at radius 3 is 2.71 bits per heavy atom. The van der Waals surface area contributed by atoms with E-state index in [0.717, 1.165) is 38.2 Å². The summed E-state index contributed by atoms with van der Waals surface area (Å²) < 4.78 is 27.3. The summed E-state index contributed by atoms with van der Waals surface area (Å²) in [7, 11) is -1.43. The first kappa shape index (κ1) is 15.9. The molecule has 3 aliphatic heterocycles. The topological polar surface area (TPSA) is 74.2 Å². The quantitative estimate of drug-likeness (QED) is 0.726. The van der Waals surface area contributed by atoms with Gasteiger partial charge in [0.05, 0.1) is 49.5 Å². The summed E-state index contributed by atoms with van der Waals surface area (Å²) in [6, 6.07) is 5.01. The van der Waals surface area contributed by atoms with Gasteiger partial charge in [-0.05, 0) is 31.0 Å². The zero-order valence-electron chi connectivity index (χ0n) is 13.8. The molecule has 7 nitrogen and oxygen atoms in total. The van der Waals surface area contributed by atoms with Gasteiger partial charge in [-0.1, -0.05) is 0 Å². The van der Waals surface area contributed by atoms with Crippen LogP contribution >= 0.6 is 0 Å². The lowest BCUT2D eigenvalue weighted by Gasteiger charge is -2.34. The van der Waals surface area contributed by atoms with E-state index in [1.807, 2.05) is 6.07 Å². The highest BCUT2D eigenvalue weighted by Crippen LogP contribution is 2.38. The molecular weight excluding hydrogens is 328 g/mol. The van der Waals surface area contributed by atoms with Gasteiger partial charge in [-0.15, -0.1) is 0 Å². The molecule has 130 valence electrons. The number of hydrogen-bond acceptors (Lipinski definition) is 4. The highest BCUT2D eigenvalue weighted by molar-refractivity contribution is 7.89. The Labute approximate surface area is 142 Å². The second-order valence-corrected chi connectivity index (χ2v) is 8.82. The normalized spacial score (nSPS) is 25.3. The molecule has 1 atom stereocenters. The van der Waals surface area contributed by atoms with E-state index in [4.69, 9.17) is 0 Å². The second kappa shape index (κ2) is 5.72. The number of carbonyl (C=O) groups excluding carboxylic acids is 1. The van der Waals surface area contributed by atoms with Crippen molar-refractivity contribution in [2.75, 3.05) is 50.0 Å². The van der Waals surface area contributed by atoms with Crippen LogP contribution in [0, 0.1) is 0 Å². The Morgan fingerprint density at radius 1 is 1.21 bits per heavy atom. The lowest BCUT2D eigenvalue weighted by Crippen LogP contribution is -3.12. The molecule has 0 saturated carbocycles. The number of nitrogens with zero attached hydrogens (tertiary/aromatic N) is 2. The molecule has 0 aliphatic carbocycles. The fourth-order valence-corrected chi connectivity index (χ4v) is 5.30. The Hall–Kier alpha value is -1.64. The Bertz CT molecular complexity index is 772. The molecule has 24 heavy (non-hydrogen) atoms. The van der Waals surface area contributed by atoms with Gasteiger partial charge in [0.1, 0.15) is 6.04 Å². The van der Waals surface area contributed by atoms with E-state index in [-0.39, 0.29) is 16.8 Å². The number of nitrogens with one attached hydrogen (secondary N) is 2. The van der Waals surface area contributed by atoms with Gasteiger partial charge in [0.2, 0.25) is 15.9 Å². The van der Waals surface area contributed by atoms with Crippen LogP contribution in [0.1, 0.15) is 12.8 Å². The SMILES string of the molecule is C[NH+]1CCN(S(=O)(=O)c2ccc3c(c2)NC(=O)[C@H]2CCCN32)CC1. The molecule has 0 unspecified atom stereocenters. The predicted octanol–water partition coefficient (Wildman–Crippen LogP) is -0.873. The smallest absolute Gasteiger partial charge is 0.247 e. The van der Waals surface area contributed by atoms with Gasteiger partial charge in [0, 0.05) is 6.54 Å². The second-order valence-electron chi connectivity index (χ2n) is 6.88. The highest BCUT2D eigenvalue weighted by atomic mass is 32.2. The van der Waals surface area contributed by atoms with Gasteiger partial charge >= 0.3 is 0 Å². The highest BCUT2D eigenvalue weighted by Gasteiger charge is 2.37. The summed E-state index contributed by atoms with van der Waals surface area (Å²) in [5.41, 5.74) is 1.54. The number of sulfonamides is 1. The van der Waals surface area contributed by atoms with E-state index in [1.165, 1.54) is 4.90 Å². The third kappa shape index (κ3) is 2.49. The molecule has 2 fully saturated rings. The number of benzene rings is 1. The fourth-order valence-electron chi connectivity index (χ4n) is 3.83. The van der Waals surface area contributed by atoms with Crippen LogP contribution in [0.15, 0.2) is 23.1 Å². The average molecular weight is 351 g/mol. The maximum atomic E-state index is 12.9. The minimum atomic E-state index is -3.51. The van der Waals surface area contributed by atoms with E-state index in [9.17, 15) is 13.2 Å². The van der Waals surface area contributed by atoms with E-state index < -0.39 is 10.0 Å². The minimum absolute atomic E-state index is 0.0299. The van der Waals surface area contributed by atoms with E-state index in [2.05, 4.69) is 17.3 Å². The van der Waals surface area contributed by atoms with Crippen LogP contribution in [-0.4, -0.2) is 64.4 Å². The number of hydrogen-bond donors (Lipinski definition) is 2. The Morgan fingerprint density at radius 2 is 1.96 bits per heavy atom. The number of likely N-dealkylation sites (N-methyl/N-ethyl adjacent to an activating group) is 1. The van der Waals surface area contributed by atoms with Crippen LogP contribution in [0.25, 0.3) is 0 Å². The van der Waals surface area contributed by atoms with Gasteiger partial charge in [-0.2, -0.15) is 4.31 Å².